The van der Waals surface area contributed by atoms with Crippen LogP contribution in [0.1, 0.15) is 12.6 Å². The van der Waals surface area contributed by atoms with Crippen LogP contribution in [-0.4, -0.2) is 39.6 Å². The van der Waals surface area contributed by atoms with Gasteiger partial charge >= 0.3 is 11.8 Å². The van der Waals surface area contributed by atoms with Crippen LogP contribution < -0.4 is 15.4 Å². The Bertz CT molecular complexity index is 1250. The third-order valence-corrected chi connectivity index (χ3v) is 5.43. The van der Waals surface area contributed by atoms with Crippen molar-refractivity contribution in [3.63, 3.8) is 0 Å². The van der Waals surface area contributed by atoms with E-state index in [9.17, 15) is 14.0 Å². The Morgan fingerprint density at radius 3 is 2.69 bits per heavy atom. The zero-order valence-corrected chi connectivity index (χ0v) is 18.0. The number of hydrogen-bond donors (Lipinski definition) is 2. The third-order valence-electron chi connectivity index (χ3n) is 4.56. The van der Waals surface area contributed by atoms with E-state index in [4.69, 9.17) is 4.74 Å². The average molecular weight is 453 g/mol. The second-order valence-corrected chi connectivity index (χ2v) is 7.59. The van der Waals surface area contributed by atoms with Gasteiger partial charge in [-0.3, -0.25) is 9.59 Å². The predicted octanol–water partition coefficient (Wildman–Crippen LogP) is 3.29. The van der Waals surface area contributed by atoms with Gasteiger partial charge in [0.1, 0.15) is 11.6 Å². The second kappa shape index (κ2) is 9.56. The quantitative estimate of drug-likeness (QED) is 0.419. The molecule has 0 unspecified atom stereocenters. The number of fused-ring (bicyclic) bond motifs is 1. The SMILES string of the molecule is CCOc1ccccc1NC(=O)C(=O)NCCc1csc2nc(-c3ccc(F)cc3)nn12. The van der Waals surface area contributed by atoms with Crippen LogP contribution >= 0.6 is 11.3 Å². The lowest BCUT2D eigenvalue weighted by Crippen LogP contribution is -2.36. The number of amides is 2. The molecule has 0 bridgehead atoms. The third kappa shape index (κ3) is 4.75. The van der Waals surface area contributed by atoms with Crippen LogP contribution in [0.25, 0.3) is 16.3 Å². The van der Waals surface area contributed by atoms with Crippen LogP contribution in [0.15, 0.2) is 53.9 Å². The lowest BCUT2D eigenvalue weighted by atomic mass is 10.2. The van der Waals surface area contributed by atoms with Crippen molar-refractivity contribution >= 4 is 33.8 Å². The van der Waals surface area contributed by atoms with Gasteiger partial charge in [-0.15, -0.1) is 16.4 Å². The number of ether oxygens (including phenoxy) is 1. The van der Waals surface area contributed by atoms with E-state index >= 15 is 0 Å². The maximum Gasteiger partial charge on any atom is 0.313 e. The van der Waals surface area contributed by atoms with Crippen molar-refractivity contribution in [1.29, 1.82) is 0 Å². The monoisotopic (exact) mass is 453 g/mol. The summed E-state index contributed by atoms with van der Waals surface area (Å²) in [6.45, 7) is 2.53. The number of nitrogens with one attached hydrogen (secondary N) is 2. The van der Waals surface area contributed by atoms with Gasteiger partial charge in [0.2, 0.25) is 4.96 Å². The van der Waals surface area contributed by atoms with Crippen molar-refractivity contribution in [3.8, 4) is 17.1 Å². The van der Waals surface area contributed by atoms with E-state index in [1.54, 1.807) is 40.9 Å². The first-order valence-electron chi connectivity index (χ1n) is 9.95. The molecule has 0 aliphatic carbocycles. The van der Waals surface area contributed by atoms with E-state index in [0.29, 0.717) is 40.8 Å². The summed E-state index contributed by atoms with van der Waals surface area (Å²) in [6.07, 6.45) is 0.459. The highest BCUT2D eigenvalue weighted by atomic mass is 32.1. The van der Waals surface area contributed by atoms with Crippen LogP contribution in [0.2, 0.25) is 0 Å². The topological polar surface area (TPSA) is 97.6 Å². The van der Waals surface area contributed by atoms with Gasteiger partial charge in [-0.25, -0.2) is 8.91 Å². The molecule has 0 fully saturated rings. The Labute approximate surface area is 187 Å². The number of para-hydroxylation sites is 2. The van der Waals surface area contributed by atoms with E-state index < -0.39 is 11.8 Å². The number of benzene rings is 2. The van der Waals surface area contributed by atoms with Crippen molar-refractivity contribution in [2.24, 2.45) is 0 Å². The highest BCUT2D eigenvalue weighted by Gasteiger charge is 2.16. The van der Waals surface area contributed by atoms with Crippen LogP contribution in [0, 0.1) is 5.82 Å². The molecule has 2 N–H and O–H groups in total. The molecular formula is C22H20FN5O3S. The molecule has 0 radical (unpaired) electrons. The normalized spacial score (nSPS) is 10.8. The van der Waals surface area contributed by atoms with Gasteiger partial charge in [0.25, 0.3) is 0 Å². The standard InChI is InChI=1S/C22H20FN5O3S/c1-2-31-18-6-4-3-5-17(18)25-21(30)20(29)24-12-11-16-13-32-22-26-19(27-28(16)22)14-7-9-15(23)10-8-14/h3-10,13H,2,11-12H2,1H3,(H,24,29)(H,25,30). The van der Waals surface area contributed by atoms with E-state index in [0.717, 1.165) is 5.69 Å². The van der Waals surface area contributed by atoms with Crippen molar-refractivity contribution in [1.82, 2.24) is 19.9 Å². The maximum absolute atomic E-state index is 13.1. The number of rotatable bonds is 7. The molecule has 0 saturated carbocycles. The molecule has 2 aromatic carbocycles. The van der Waals surface area contributed by atoms with Gasteiger partial charge in [-0.2, -0.15) is 4.98 Å². The van der Waals surface area contributed by atoms with Crippen molar-refractivity contribution < 1.29 is 18.7 Å². The molecule has 164 valence electrons. The van der Waals surface area contributed by atoms with Crippen LogP contribution in [0.4, 0.5) is 10.1 Å². The molecule has 4 aromatic rings. The summed E-state index contributed by atoms with van der Waals surface area (Å²) in [5.41, 5.74) is 1.99. The minimum absolute atomic E-state index is 0.247. The summed E-state index contributed by atoms with van der Waals surface area (Å²) in [6, 6.07) is 12.9. The molecule has 2 aromatic heterocycles. The van der Waals surface area contributed by atoms with Crippen molar-refractivity contribution in [3.05, 3.63) is 65.4 Å². The molecule has 0 aliphatic heterocycles. The van der Waals surface area contributed by atoms with Gasteiger partial charge in [-0.05, 0) is 43.3 Å². The molecule has 2 amide bonds. The smallest absolute Gasteiger partial charge is 0.313 e. The average Bonchev–Trinajstić information content (AvgIpc) is 3.37. The Morgan fingerprint density at radius 1 is 1.12 bits per heavy atom. The first-order chi connectivity index (χ1) is 15.5. The fourth-order valence-electron chi connectivity index (χ4n) is 3.03. The lowest BCUT2D eigenvalue weighted by molar-refractivity contribution is -0.136. The lowest BCUT2D eigenvalue weighted by Gasteiger charge is -2.11. The first kappa shape index (κ1) is 21.4. The molecule has 0 atom stereocenters. The number of hydrogen-bond acceptors (Lipinski definition) is 6. The molecule has 2 heterocycles. The Hall–Kier alpha value is -3.79. The minimum Gasteiger partial charge on any atom is -0.492 e. The summed E-state index contributed by atoms with van der Waals surface area (Å²) in [5, 5.41) is 11.6. The number of halogens is 1. The van der Waals surface area contributed by atoms with Gasteiger partial charge in [0, 0.05) is 23.9 Å². The molecular weight excluding hydrogens is 433 g/mol. The summed E-state index contributed by atoms with van der Waals surface area (Å²) in [4.78, 5) is 29.6. The second-order valence-electron chi connectivity index (χ2n) is 6.75. The molecule has 10 heteroatoms. The Balaban J connectivity index is 1.35. The highest BCUT2D eigenvalue weighted by molar-refractivity contribution is 7.15. The number of aromatic nitrogens is 3. The van der Waals surface area contributed by atoms with E-state index in [1.807, 2.05) is 12.3 Å². The zero-order chi connectivity index (χ0) is 22.5. The summed E-state index contributed by atoms with van der Waals surface area (Å²) < 4.78 is 20.3. The number of nitrogens with zero attached hydrogens (tertiary/aromatic N) is 3. The first-order valence-corrected chi connectivity index (χ1v) is 10.8. The minimum atomic E-state index is -0.771. The summed E-state index contributed by atoms with van der Waals surface area (Å²) >= 11 is 1.42. The van der Waals surface area contributed by atoms with Crippen LogP contribution in [-0.2, 0) is 16.0 Å². The maximum atomic E-state index is 13.1. The van der Waals surface area contributed by atoms with E-state index in [2.05, 4.69) is 20.7 Å². The van der Waals surface area contributed by atoms with E-state index in [1.165, 1.54) is 23.5 Å². The molecule has 32 heavy (non-hydrogen) atoms. The van der Waals surface area contributed by atoms with Gasteiger partial charge in [0.15, 0.2) is 5.82 Å². The van der Waals surface area contributed by atoms with Gasteiger partial charge in [0.05, 0.1) is 18.0 Å². The molecule has 0 aliphatic rings. The summed E-state index contributed by atoms with van der Waals surface area (Å²) in [7, 11) is 0. The Kier molecular flexibility index (Phi) is 6.41. The molecule has 8 nitrogen and oxygen atoms in total. The van der Waals surface area contributed by atoms with Crippen molar-refractivity contribution in [2.75, 3.05) is 18.5 Å². The molecule has 0 saturated heterocycles. The van der Waals surface area contributed by atoms with Crippen molar-refractivity contribution in [2.45, 2.75) is 13.3 Å². The number of thiazole rings is 1. The zero-order valence-electron chi connectivity index (χ0n) is 17.2. The van der Waals surface area contributed by atoms with Gasteiger partial charge < -0.3 is 15.4 Å². The number of carbonyl (C=O) groups is 2. The molecule has 4 rings (SSSR count). The van der Waals surface area contributed by atoms with Crippen LogP contribution in [0.3, 0.4) is 0 Å². The number of anilines is 1. The molecule has 0 spiro atoms. The predicted molar refractivity (Wildman–Crippen MR) is 119 cm³/mol. The largest absolute Gasteiger partial charge is 0.492 e. The van der Waals surface area contributed by atoms with Crippen LogP contribution in [0.5, 0.6) is 5.75 Å². The van der Waals surface area contributed by atoms with E-state index in [-0.39, 0.29) is 12.4 Å². The van der Waals surface area contributed by atoms with Gasteiger partial charge in [-0.1, -0.05) is 12.1 Å². The highest BCUT2D eigenvalue weighted by Crippen LogP contribution is 2.23. The number of carbonyl (C=O) groups excluding carboxylic acids is 2. The fourth-order valence-corrected chi connectivity index (χ4v) is 3.89. The summed E-state index contributed by atoms with van der Waals surface area (Å²) in [5.74, 6) is -0.841. The fraction of sp³-hybridized carbons (Fsp3) is 0.182. The Morgan fingerprint density at radius 2 is 1.91 bits per heavy atom.